The van der Waals surface area contributed by atoms with Gasteiger partial charge in [0.15, 0.2) is 0 Å². The molecular weight excluding hydrogens is 496 g/mol. The number of carbonyl (C=O) groups is 3. The third-order valence-corrected chi connectivity index (χ3v) is 7.37. The van der Waals surface area contributed by atoms with Gasteiger partial charge in [-0.3, -0.25) is 24.5 Å². The summed E-state index contributed by atoms with van der Waals surface area (Å²) in [4.78, 5) is 54.7. The van der Waals surface area contributed by atoms with Crippen LogP contribution in [0.2, 0.25) is 5.02 Å². The average Bonchev–Trinajstić information content (AvgIpc) is 3.38. The zero-order chi connectivity index (χ0) is 25.8. The predicted octanol–water partition coefficient (Wildman–Crippen LogP) is 4.28. The van der Waals surface area contributed by atoms with Gasteiger partial charge in [-0.15, -0.1) is 0 Å². The fourth-order valence-corrected chi connectivity index (χ4v) is 5.67. The highest BCUT2D eigenvalue weighted by atomic mass is 35.5. The van der Waals surface area contributed by atoms with Gasteiger partial charge in [-0.05, 0) is 48.0 Å². The number of nitrogens with one attached hydrogen (secondary N) is 1. The number of anilines is 3. The van der Waals surface area contributed by atoms with Gasteiger partial charge in [0.1, 0.15) is 6.04 Å². The van der Waals surface area contributed by atoms with Crippen LogP contribution in [0.1, 0.15) is 5.56 Å². The minimum absolute atomic E-state index is 0.107. The molecule has 0 bridgehead atoms. The van der Waals surface area contributed by atoms with Crippen molar-refractivity contribution < 1.29 is 19.3 Å². The molecule has 0 aromatic heterocycles. The van der Waals surface area contributed by atoms with Crippen LogP contribution >= 0.6 is 11.6 Å². The number of hydrogen-bond acceptors (Lipinski definition) is 6. The maximum Gasteiger partial charge on any atom is 0.269 e. The van der Waals surface area contributed by atoms with Crippen molar-refractivity contribution in [2.45, 2.75) is 12.1 Å². The van der Waals surface area contributed by atoms with Crippen LogP contribution in [0.3, 0.4) is 0 Å². The molecule has 37 heavy (non-hydrogen) atoms. The van der Waals surface area contributed by atoms with E-state index in [1.54, 1.807) is 24.3 Å². The van der Waals surface area contributed by atoms with E-state index in [9.17, 15) is 24.5 Å². The first-order valence-electron chi connectivity index (χ1n) is 11.6. The smallest absolute Gasteiger partial charge is 0.269 e. The first-order chi connectivity index (χ1) is 17.8. The van der Waals surface area contributed by atoms with Gasteiger partial charge in [0.05, 0.1) is 28.5 Å². The second-order valence-electron chi connectivity index (χ2n) is 9.09. The van der Waals surface area contributed by atoms with E-state index in [1.165, 1.54) is 24.3 Å². The molecule has 4 atom stereocenters. The molecule has 2 saturated heterocycles. The van der Waals surface area contributed by atoms with E-state index < -0.39 is 40.7 Å². The van der Waals surface area contributed by atoms with E-state index in [1.807, 2.05) is 41.3 Å². The number of nitro benzene ring substituents is 1. The molecule has 184 valence electrons. The summed E-state index contributed by atoms with van der Waals surface area (Å²) in [6.07, 6.45) is 3.78. The molecule has 0 saturated carbocycles. The van der Waals surface area contributed by atoms with E-state index in [-0.39, 0.29) is 11.6 Å². The summed E-state index contributed by atoms with van der Waals surface area (Å²) in [6.45, 7) is 0. The standard InChI is InChI=1S/C27H19ClN4O5/c28-16-6-10-18(11-7-16)30-26(34)22-21-14-5-15-3-1-2-4-20(15)31(21)24(23(22)27(30)35)25(33)29-17-8-12-19(13-9-17)32(36)37/h1-14,21-24H,(H,29,33)/t21-,22-,23+,24+/m1/s1. The molecule has 3 amide bonds. The fourth-order valence-electron chi connectivity index (χ4n) is 5.54. The molecule has 0 aliphatic carbocycles. The molecule has 10 heteroatoms. The fraction of sp³-hybridized carbons (Fsp3) is 0.148. The van der Waals surface area contributed by atoms with Gasteiger partial charge in [0, 0.05) is 28.5 Å². The van der Waals surface area contributed by atoms with Gasteiger partial charge >= 0.3 is 0 Å². The monoisotopic (exact) mass is 514 g/mol. The zero-order valence-electron chi connectivity index (χ0n) is 19.2. The number of hydrogen-bond donors (Lipinski definition) is 1. The minimum Gasteiger partial charge on any atom is -0.351 e. The third kappa shape index (κ3) is 3.58. The summed E-state index contributed by atoms with van der Waals surface area (Å²) in [7, 11) is 0. The number of halogens is 1. The van der Waals surface area contributed by atoms with Crippen molar-refractivity contribution in [1.29, 1.82) is 0 Å². The van der Waals surface area contributed by atoms with Crippen LogP contribution < -0.4 is 15.1 Å². The Labute approximate surface area is 216 Å². The summed E-state index contributed by atoms with van der Waals surface area (Å²) < 4.78 is 0. The van der Waals surface area contributed by atoms with Crippen LogP contribution in [-0.2, 0) is 14.4 Å². The topological polar surface area (TPSA) is 113 Å². The SMILES string of the molecule is O=C(Nc1ccc([N+](=O)[O-])cc1)[C@@H]1[C@H]2C(=O)N(c3ccc(Cl)cc3)C(=O)[C@@H]2[C@H]2C=Cc3ccccc3N21. The lowest BCUT2D eigenvalue weighted by Crippen LogP contribution is -2.50. The number of fused-ring (bicyclic) bond motifs is 5. The first kappa shape index (κ1) is 22.9. The number of carbonyl (C=O) groups excluding carboxylic acids is 3. The molecular formula is C27H19ClN4O5. The number of rotatable bonds is 4. The zero-order valence-corrected chi connectivity index (χ0v) is 19.9. The first-order valence-corrected chi connectivity index (χ1v) is 12.0. The highest BCUT2D eigenvalue weighted by Crippen LogP contribution is 2.49. The van der Waals surface area contributed by atoms with E-state index >= 15 is 0 Å². The Morgan fingerprint density at radius 3 is 2.30 bits per heavy atom. The quantitative estimate of drug-likeness (QED) is 0.316. The van der Waals surface area contributed by atoms with Gasteiger partial charge in [0.25, 0.3) is 5.69 Å². The number of amides is 3. The molecule has 3 aliphatic heterocycles. The van der Waals surface area contributed by atoms with Crippen molar-refractivity contribution >= 4 is 58.1 Å². The van der Waals surface area contributed by atoms with Gasteiger partial charge in [-0.25, -0.2) is 4.90 Å². The predicted molar refractivity (Wildman–Crippen MR) is 138 cm³/mol. The van der Waals surface area contributed by atoms with Crippen molar-refractivity contribution in [3.05, 3.63) is 99.6 Å². The Balaban J connectivity index is 1.40. The molecule has 0 radical (unpaired) electrons. The number of nitro groups is 1. The van der Waals surface area contributed by atoms with E-state index in [0.29, 0.717) is 16.4 Å². The van der Waals surface area contributed by atoms with Gasteiger partial charge in [-0.1, -0.05) is 42.0 Å². The van der Waals surface area contributed by atoms with E-state index in [0.717, 1.165) is 16.2 Å². The average molecular weight is 515 g/mol. The van der Waals surface area contributed by atoms with Crippen molar-refractivity contribution in [1.82, 2.24) is 0 Å². The number of nitrogens with zero attached hydrogens (tertiary/aromatic N) is 3. The van der Waals surface area contributed by atoms with Crippen LogP contribution in [0.4, 0.5) is 22.7 Å². The van der Waals surface area contributed by atoms with Crippen LogP contribution in [0.5, 0.6) is 0 Å². The summed E-state index contributed by atoms with van der Waals surface area (Å²) in [5.41, 5.74) is 2.27. The number of non-ortho nitro benzene ring substituents is 1. The van der Waals surface area contributed by atoms with Crippen LogP contribution in [0.15, 0.2) is 78.9 Å². The normalized spacial score (nSPS) is 23.5. The largest absolute Gasteiger partial charge is 0.351 e. The summed E-state index contributed by atoms with van der Waals surface area (Å²) in [6, 6.07) is 17.9. The van der Waals surface area contributed by atoms with Crippen molar-refractivity contribution in [2.24, 2.45) is 11.8 Å². The molecule has 3 aromatic rings. The minimum atomic E-state index is -0.981. The summed E-state index contributed by atoms with van der Waals surface area (Å²) >= 11 is 6.00. The Kier molecular flexibility index (Phi) is 5.31. The Bertz CT molecular complexity index is 1490. The molecule has 1 N–H and O–H groups in total. The lowest BCUT2D eigenvalue weighted by Gasteiger charge is -2.36. The van der Waals surface area contributed by atoms with E-state index in [4.69, 9.17) is 11.6 Å². The lowest BCUT2D eigenvalue weighted by molar-refractivity contribution is -0.384. The highest BCUT2D eigenvalue weighted by Gasteiger charge is 2.64. The Morgan fingerprint density at radius 2 is 1.59 bits per heavy atom. The second-order valence-corrected chi connectivity index (χ2v) is 9.53. The molecule has 3 heterocycles. The van der Waals surface area contributed by atoms with E-state index in [2.05, 4.69) is 5.32 Å². The molecule has 9 nitrogen and oxygen atoms in total. The molecule has 0 spiro atoms. The lowest BCUT2D eigenvalue weighted by atomic mass is 9.88. The number of para-hydroxylation sites is 1. The van der Waals surface area contributed by atoms with Crippen molar-refractivity contribution in [3.8, 4) is 0 Å². The molecule has 3 aromatic carbocycles. The summed E-state index contributed by atoms with van der Waals surface area (Å²) in [5.74, 6) is -3.00. The maximum absolute atomic E-state index is 13.8. The molecule has 3 aliphatic rings. The molecule has 2 fully saturated rings. The van der Waals surface area contributed by atoms with Gasteiger partial charge in [-0.2, -0.15) is 0 Å². The number of benzene rings is 3. The van der Waals surface area contributed by atoms with Crippen LogP contribution in [0.25, 0.3) is 6.08 Å². The van der Waals surface area contributed by atoms with Gasteiger partial charge < -0.3 is 10.2 Å². The van der Waals surface area contributed by atoms with Crippen LogP contribution in [-0.4, -0.2) is 34.7 Å². The van der Waals surface area contributed by atoms with Crippen molar-refractivity contribution in [2.75, 3.05) is 15.1 Å². The number of imide groups is 1. The maximum atomic E-state index is 13.8. The molecule has 6 rings (SSSR count). The Morgan fingerprint density at radius 1 is 0.919 bits per heavy atom. The van der Waals surface area contributed by atoms with Crippen LogP contribution in [0, 0.1) is 22.0 Å². The van der Waals surface area contributed by atoms with Gasteiger partial charge in [0.2, 0.25) is 17.7 Å². The van der Waals surface area contributed by atoms with Crippen molar-refractivity contribution in [3.63, 3.8) is 0 Å². The molecule has 0 unspecified atom stereocenters. The Hall–Kier alpha value is -4.50. The highest BCUT2D eigenvalue weighted by molar-refractivity contribution is 6.31. The summed E-state index contributed by atoms with van der Waals surface area (Å²) in [5, 5.41) is 14.3. The third-order valence-electron chi connectivity index (χ3n) is 7.11. The second kappa shape index (κ2) is 8.56.